The predicted molar refractivity (Wildman–Crippen MR) is 75.7 cm³/mol. The van der Waals surface area contributed by atoms with E-state index in [9.17, 15) is 9.90 Å². The number of Topliss-reactive ketones (excluding diaryl/α,β-unsaturated/α-hetero) is 1. The van der Waals surface area contributed by atoms with E-state index in [0.29, 0.717) is 11.3 Å². The van der Waals surface area contributed by atoms with Crippen LogP contribution in [0.1, 0.15) is 28.0 Å². The van der Waals surface area contributed by atoms with Crippen molar-refractivity contribution >= 4 is 12.0 Å². The Bertz CT molecular complexity index is 603. The number of furan rings is 1. The molecule has 0 saturated heterocycles. The summed E-state index contributed by atoms with van der Waals surface area (Å²) >= 11 is 0. The topological polar surface area (TPSA) is 66.0 Å². The highest BCUT2D eigenvalue weighted by Gasteiger charge is 2.22. The summed E-state index contributed by atoms with van der Waals surface area (Å²) in [5.74, 6) is 0.295. The fourth-order valence-electron chi connectivity index (χ4n) is 1.65. The average molecular weight is 272 g/mol. The monoisotopic (exact) mass is 272 g/mol. The molecule has 0 amide bonds. The Morgan fingerprint density at radius 3 is 2.60 bits per heavy atom. The molecule has 20 heavy (non-hydrogen) atoms. The number of hydrogen-bond acceptors (Lipinski definition) is 5. The fraction of sp³-hybridized carbons (Fsp3) is 0.200. The van der Waals surface area contributed by atoms with Crippen molar-refractivity contribution in [1.82, 2.24) is 5.01 Å². The zero-order valence-corrected chi connectivity index (χ0v) is 11.4. The smallest absolute Gasteiger partial charge is 0.199 e. The number of hydrogen-bond donors (Lipinski definition) is 1. The van der Waals surface area contributed by atoms with Crippen LogP contribution in [0.5, 0.6) is 0 Å². The van der Waals surface area contributed by atoms with Crippen LogP contribution in [-0.2, 0) is 0 Å². The van der Waals surface area contributed by atoms with Crippen LogP contribution in [0.15, 0.2) is 52.0 Å². The number of carbonyl (C=O) groups excluding carboxylic acids is 1. The lowest BCUT2D eigenvalue weighted by atomic mass is 10.1. The lowest BCUT2D eigenvalue weighted by molar-refractivity contribution is 0.0703. The molecule has 2 aromatic rings. The fourth-order valence-corrected chi connectivity index (χ4v) is 1.65. The molecule has 1 aromatic carbocycles. The number of ketones is 1. The molecule has 1 heterocycles. The van der Waals surface area contributed by atoms with E-state index in [1.807, 2.05) is 6.07 Å². The van der Waals surface area contributed by atoms with E-state index in [0.717, 1.165) is 0 Å². The minimum atomic E-state index is -1.31. The first-order chi connectivity index (χ1) is 9.58. The number of benzene rings is 1. The molecule has 1 N–H and O–H groups in total. The molecule has 1 atom stereocenters. The molecule has 0 aliphatic rings. The summed E-state index contributed by atoms with van der Waals surface area (Å²) in [6, 6.07) is 11.8. The highest BCUT2D eigenvalue weighted by molar-refractivity contribution is 5.99. The second kappa shape index (κ2) is 6.16. The zero-order valence-electron chi connectivity index (χ0n) is 11.4. The minimum Gasteiger partial charge on any atom is -0.457 e. The second-order valence-corrected chi connectivity index (χ2v) is 4.46. The van der Waals surface area contributed by atoms with Gasteiger partial charge in [0, 0.05) is 19.7 Å². The van der Waals surface area contributed by atoms with Crippen molar-refractivity contribution in [3.8, 4) is 0 Å². The van der Waals surface area contributed by atoms with Gasteiger partial charge in [0.25, 0.3) is 0 Å². The number of aliphatic hydroxyl groups excluding tert-OH is 1. The van der Waals surface area contributed by atoms with Crippen molar-refractivity contribution in [3.63, 3.8) is 0 Å². The van der Waals surface area contributed by atoms with Gasteiger partial charge in [0.1, 0.15) is 11.5 Å². The summed E-state index contributed by atoms with van der Waals surface area (Å²) in [5.41, 5.74) is 0.444. The molecular weight excluding hydrogens is 256 g/mol. The first kappa shape index (κ1) is 14.0. The number of nitrogens with zero attached hydrogens (tertiary/aromatic N) is 2. The van der Waals surface area contributed by atoms with Crippen molar-refractivity contribution in [3.05, 3.63) is 59.5 Å². The average Bonchev–Trinajstić information content (AvgIpc) is 2.93. The summed E-state index contributed by atoms with van der Waals surface area (Å²) in [7, 11) is 3.57. The molecule has 0 bridgehead atoms. The van der Waals surface area contributed by atoms with Crippen LogP contribution in [0.2, 0.25) is 0 Å². The third kappa shape index (κ3) is 3.33. The molecule has 5 nitrogen and oxygen atoms in total. The van der Waals surface area contributed by atoms with E-state index in [1.165, 1.54) is 6.21 Å². The maximum Gasteiger partial charge on any atom is 0.199 e. The Labute approximate surface area is 117 Å². The second-order valence-electron chi connectivity index (χ2n) is 4.46. The molecule has 0 unspecified atom stereocenters. The van der Waals surface area contributed by atoms with Gasteiger partial charge in [-0.1, -0.05) is 30.3 Å². The van der Waals surface area contributed by atoms with Crippen molar-refractivity contribution in [2.75, 3.05) is 14.1 Å². The summed E-state index contributed by atoms with van der Waals surface area (Å²) in [6.45, 7) is 0. The molecule has 0 aliphatic carbocycles. The zero-order chi connectivity index (χ0) is 14.5. The SMILES string of the molecule is CN(C)/N=C\c1ccc([C@@H](O)C(=O)c2ccccc2)o1. The van der Waals surface area contributed by atoms with Crippen molar-refractivity contribution in [2.45, 2.75) is 6.10 Å². The Hall–Kier alpha value is -2.40. The van der Waals surface area contributed by atoms with E-state index in [1.54, 1.807) is 55.5 Å². The van der Waals surface area contributed by atoms with Crippen LogP contribution in [0.25, 0.3) is 0 Å². The Balaban J connectivity index is 2.14. The van der Waals surface area contributed by atoms with Gasteiger partial charge in [-0.25, -0.2) is 0 Å². The van der Waals surface area contributed by atoms with Crippen molar-refractivity contribution in [1.29, 1.82) is 0 Å². The highest BCUT2D eigenvalue weighted by Crippen LogP contribution is 2.20. The van der Waals surface area contributed by atoms with Crippen molar-refractivity contribution < 1.29 is 14.3 Å². The molecule has 1 aromatic heterocycles. The normalized spacial score (nSPS) is 12.6. The first-order valence-corrected chi connectivity index (χ1v) is 6.16. The molecule has 2 rings (SSSR count). The third-order valence-electron chi connectivity index (χ3n) is 2.64. The van der Waals surface area contributed by atoms with Crippen LogP contribution >= 0.6 is 0 Å². The van der Waals surface area contributed by atoms with Crippen LogP contribution in [-0.4, -0.2) is 36.2 Å². The van der Waals surface area contributed by atoms with Gasteiger partial charge in [-0.05, 0) is 12.1 Å². The van der Waals surface area contributed by atoms with E-state index in [4.69, 9.17) is 4.42 Å². The van der Waals surface area contributed by atoms with Crippen LogP contribution in [0.4, 0.5) is 0 Å². The summed E-state index contributed by atoms with van der Waals surface area (Å²) in [6.07, 6.45) is 0.211. The van der Waals surface area contributed by atoms with Crippen LogP contribution in [0, 0.1) is 0 Å². The summed E-state index contributed by atoms with van der Waals surface area (Å²) in [4.78, 5) is 12.1. The van der Waals surface area contributed by atoms with E-state index in [2.05, 4.69) is 5.10 Å². The van der Waals surface area contributed by atoms with Gasteiger partial charge in [0.2, 0.25) is 0 Å². The van der Waals surface area contributed by atoms with Crippen molar-refractivity contribution in [2.24, 2.45) is 5.10 Å². The number of carbonyl (C=O) groups is 1. The standard InChI is InChI=1S/C15H16N2O3/c1-17(2)16-10-12-8-9-13(20-12)15(19)14(18)11-6-4-3-5-7-11/h3-10,15,19H,1-2H3/b16-10-/t15-/m1/s1. The Kier molecular flexibility index (Phi) is 4.32. The lowest BCUT2D eigenvalue weighted by Crippen LogP contribution is -2.11. The minimum absolute atomic E-state index is 0.207. The molecule has 0 fully saturated rings. The van der Waals surface area contributed by atoms with E-state index >= 15 is 0 Å². The van der Waals surface area contributed by atoms with Gasteiger partial charge in [-0.2, -0.15) is 5.10 Å². The predicted octanol–water partition coefficient (Wildman–Crippen LogP) is 2.09. The highest BCUT2D eigenvalue weighted by atomic mass is 16.4. The van der Waals surface area contributed by atoms with Crippen LogP contribution < -0.4 is 0 Å². The number of aliphatic hydroxyl groups is 1. The largest absolute Gasteiger partial charge is 0.457 e. The molecule has 5 heteroatoms. The van der Waals surface area contributed by atoms with Gasteiger partial charge in [-0.15, -0.1) is 0 Å². The van der Waals surface area contributed by atoms with Gasteiger partial charge in [-0.3, -0.25) is 4.79 Å². The number of hydrazone groups is 1. The Morgan fingerprint density at radius 1 is 1.25 bits per heavy atom. The van der Waals surface area contributed by atoms with Gasteiger partial charge in [0.15, 0.2) is 11.9 Å². The Morgan fingerprint density at radius 2 is 1.95 bits per heavy atom. The maximum absolute atomic E-state index is 12.1. The van der Waals surface area contributed by atoms with E-state index in [-0.39, 0.29) is 5.76 Å². The van der Waals surface area contributed by atoms with E-state index < -0.39 is 11.9 Å². The van der Waals surface area contributed by atoms with Gasteiger partial charge < -0.3 is 14.5 Å². The molecule has 0 spiro atoms. The lowest BCUT2D eigenvalue weighted by Gasteiger charge is -2.06. The third-order valence-corrected chi connectivity index (χ3v) is 2.64. The molecule has 0 radical (unpaired) electrons. The van der Waals surface area contributed by atoms with Gasteiger partial charge >= 0.3 is 0 Å². The van der Waals surface area contributed by atoms with Crippen LogP contribution in [0.3, 0.4) is 0 Å². The summed E-state index contributed by atoms with van der Waals surface area (Å²) < 4.78 is 5.39. The van der Waals surface area contributed by atoms with Gasteiger partial charge in [0.05, 0.1) is 6.21 Å². The quantitative estimate of drug-likeness (QED) is 0.514. The molecular formula is C15H16N2O3. The maximum atomic E-state index is 12.1. The molecule has 0 aliphatic heterocycles. The first-order valence-electron chi connectivity index (χ1n) is 6.16. The molecule has 104 valence electrons. The molecule has 0 saturated carbocycles. The summed E-state index contributed by atoms with van der Waals surface area (Å²) in [5, 5.41) is 15.7. The number of rotatable bonds is 5.